The van der Waals surface area contributed by atoms with Gasteiger partial charge in [-0.15, -0.1) is 0 Å². The molecule has 160 valence electrons. The van der Waals surface area contributed by atoms with Gasteiger partial charge in [0, 0.05) is 43.0 Å². The number of nitrogens with one attached hydrogen (secondary N) is 1. The molecule has 1 fully saturated rings. The van der Waals surface area contributed by atoms with Crippen LogP contribution in [0.5, 0.6) is 5.75 Å². The van der Waals surface area contributed by atoms with Crippen molar-refractivity contribution in [2.75, 3.05) is 41.3 Å². The van der Waals surface area contributed by atoms with Gasteiger partial charge in [-0.3, -0.25) is 4.79 Å². The van der Waals surface area contributed by atoms with Gasteiger partial charge in [0.05, 0.1) is 0 Å². The highest BCUT2D eigenvalue weighted by Gasteiger charge is 2.20. The first kappa shape index (κ1) is 20.9. The van der Waals surface area contributed by atoms with E-state index in [1.165, 1.54) is 12.0 Å². The number of nitrogens with zero attached hydrogens (tertiary/aromatic N) is 4. The SMILES string of the molecule is CC(Oc1cccc(Cl)c1)C(=O)Nc1cc(N2CCN(c3ccccc3)CC2)ncn1. The maximum atomic E-state index is 12.5. The Morgan fingerprint density at radius 2 is 1.74 bits per heavy atom. The van der Waals surface area contributed by atoms with E-state index in [2.05, 4.69) is 49.4 Å². The lowest BCUT2D eigenvalue weighted by atomic mass is 10.2. The molecule has 1 aliphatic rings. The Hall–Kier alpha value is -3.32. The summed E-state index contributed by atoms with van der Waals surface area (Å²) >= 11 is 5.97. The van der Waals surface area contributed by atoms with Crippen molar-refractivity contribution >= 4 is 34.8 Å². The number of halogens is 1. The Labute approximate surface area is 186 Å². The van der Waals surface area contributed by atoms with Gasteiger partial charge in [-0.1, -0.05) is 35.9 Å². The van der Waals surface area contributed by atoms with Crippen LogP contribution >= 0.6 is 11.6 Å². The van der Waals surface area contributed by atoms with E-state index in [1.807, 2.05) is 6.07 Å². The number of aromatic nitrogens is 2. The van der Waals surface area contributed by atoms with E-state index < -0.39 is 6.10 Å². The van der Waals surface area contributed by atoms with E-state index in [-0.39, 0.29) is 5.91 Å². The number of para-hydroxylation sites is 1. The lowest BCUT2D eigenvalue weighted by molar-refractivity contribution is -0.122. The molecule has 3 aromatic rings. The Bertz CT molecular complexity index is 1030. The molecule has 2 aromatic carbocycles. The summed E-state index contributed by atoms with van der Waals surface area (Å²) < 4.78 is 5.67. The minimum Gasteiger partial charge on any atom is -0.481 e. The van der Waals surface area contributed by atoms with Crippen molar-refractivity contribution in [3.8, 4) is 5.75 Å². The van der Waals surface area contributed by atoms with Crippen LogP contribution in [0.1, 0.15) is 6.92 Å². The number of rotatable bonds is 6. The molecule has 0 bridgehead atoms. The van der Waals surface area contributed by atoms with Crippen molar-refractivity contribution in [2.24, 2.45) is 0 Å². The van der Waals surface area contributed by atoms with Gasteiger partial charge >= 0.3 is 0 Å². The topological polar surface area (TPSA) is 70.6 Å². The zero-order chi connectivity index (χ0) is 21.6. The highest BCUT2D eigenvalue weighted by molar-refractivity contribution is 6.30. The Morgan fingerprint density at radius 1 is 1.00 bits per heavy atom. The lowest BCUT2D eigenvalue weighted by Gasteiger charge is -2.36. The molecule has 1 aromatic heterocycles. The number of amides is 1. The molecule has 0 spiro atoms. The molecule has 0 saturated carbocycles. The molecule has 8 heteroatoms. The van der Waals surface area contributed by atoms with Gasteiger partial charge in [0.1, 0.15) is 23.7 Å². The van der Waals surface area contributed by atoms with E-state index >= 15 is 0 Å². The van der Waals surface area contributed by atoms with Gasteiger partial charge < -0.3 is 19.9 Å². The first-order valence-electron chi connectivity index (χ1n) is 10.2. The van der Waals surface area contributed by atoms with Crippen LogP contribution in [0.15, 0.2) is 67.0 Å². The summed E-state index contributed by atoms with van der Waals surface area (Å²) in [6, 6.07) is 19.1. The first-order chi connectivity index (χ1) is 15.1. The quantitative estimate of drug-likeness (QED) is 0.631. The number of carbonyl (C=O) groups excluding carboxylic acids is 1. The van der Waals surface area contributed by atoms with Gasteiger partial charge in [0.25, 0.3) is 5.91 Å². The van der Waals surface area contributed by atoms with Crippen LogP contribution in [0.3, 0.4) is 0 Å². The van der Waals surface area contributed by atoms with Gasteiger partial charge in [0.2, 0.25) is 0 Å². The van der Waals surface area contributed by atoms with Crippen LogP contribution in [0.25, 0.3) is 0 Å². The third kappa shape index (κ3) is 5.44. The van der Waals surface area contributed by atoms with Crippen LogP contribution in [-0.4, -0.2) is 48.2 Å². The van der Waals surface area contributed by atoms with E-state index in [9.17, 15) is 4.79 Å². The number of ether oxygens (including phenoxy) is 1. The first-order valence-corrected chi connectivity index (χ1v) is 10.6. The average Bonchev–Trinajstić information content (AvgIpc) is 2.80. The van der Waals surface area contributed by atoms with Crippen molar-refractivity contribution in [2.45, 2.75) is 13.0 Å². The average molecular weight is 438 g/mol. The minimum atomic E-state index is -0.703. The van der Waals surface area contributed by atoms with Crippen LogP contribution in [-0.2, 0) is 4.79 Å². The number of benzene rings is 2. The Balaban J connectivity index is 1.34. The molecule has 1 N–H and O–H groups in total. The zero-order valence-electron chi connectivity index (χ0n) is 17.2. The molecule has 4 rings (SSSR count). The minimum absolute atomic E-state index is 0.293. The number of hydrogen-bond donors (Lipinski definition) is 1. The summed E-state index contributed by atoms with van der Waals surface area (Å²) in [5.74, 6) is 1.48. The van der Waals surface area contributed by atoms with E-state index in [1.54, 1.807) is 37.3 Å². The fourth-order valence-electron chi connectivity index (χ4n) is 3.45. The van der Waals surface area contributed by atoms with E-state index in [0.29, 0.717) is 16.6 Å². The van der Waals surface area contributed by atoms with Gasteiger partial charge in [-0.2, -0.15) is 0 Å². The van der Waals surface area contributed by atoms with Crippen molar-refractivity contribution in [1.29, 1.82) is 0 Å². The molecule has 0 radical (unpaired) electrons. The van der Waals surface area contributed by atoms with Crippen LogP contribution in [0.4, 0.5) is 17.3 Å². The van der Waals surface area contributed by atoms with Gasteiger partial charge in [0.15, 0.2) is 6.10 Å². The molecule has 1 amide bonds. The van der Waals surface area contributed by atoms with Crippen molar-refractivity contribution < 1.29 is 9.53 Å². The highest BCUT2D eigenvalue weighted by Crippen LogP contribution is 2.21. The summed E-state index contributed by atoms with van der Waals surface area (Å²) in [6.07, 6.45) is 0.767. The van der Waals surface area contributed by atoms with E-state index in [4.69, 9.17) is 16.3 Å². The molecular formula is C23H24ClN5O2. The predicted octanol–water partition coefficient (Wildman–Crippen LogP) is 3.86. The molecule has 1 atom stereocenters. The molecule has 1 unspecified atom stereocenters. The molecule has 31 heavy (non-hydrogen) atoms. The fraction of sp³-hybridized carbons (Fsp3) is 0.261. The normalized spacial score (nSPS) is 14.8. The number of hydrogen-bond acceptors (Lipinski definition) is 6. The predicted molar refractivity (Wildman–Crippen MR) is 123 cm³/mol. The van der Waals surface area contributed by atoms with E-state index in [0.717, 1.165) is 32.0 Å². The zero-order valence-corrected chi connectivity index (χ0v) is 18.0. The molecular weight excluding hydrogens is 414 g/mol. The summed E-state index contributed by atoms with van der Waals surface area (Å²) in [5.41, 5.74) is 1.23. The molecule has 1 saturated heterocycles. The standard InChI is InChI=1S/C23H24ClN5O2/c1-17(31-20-9-5-6-18(24)14-20)23(30)27-21-15-22(26-16-25-21)29-12-10-28(11-13-29)19-7-3-2-4-8-19/h2-9,14-17H,10-13H2,1H3,(H,25,26,27,30). The largest absolute Gasteiger partial charge is 0.481 e. The maximum Gasteiger partial charge on any atom is 0.266 e. The Morgan fingerprint density at radius 3 is 2.48 bits per heavy atom. The monoisotopic (exact) mass is 437 g/mol. The molecule has 1 aliphatic heterocycles. The van der Waals surface area contributed by atoms with Crippen molar-refractivity contribution in [3.05, 3.63) is 72.0 Å². The van der Waals surface area contributed by atoms with Crippen LogP contribution in [0.2, 0.25) is 5.02 Å². The third-order valence-electron chi connectivity index (χ3n) is 5.11. The second-order valence-electron chi connectivity index (χ2n) is 7.28. The number of carbonyl (C=O) groups is 1. The van der Waals surface area contributed by atoms with Gasteiger partial charge in [-0.25, -0.2) is 9.97 Å². The molecule has 2 heterocycles. The summed E-state index contributed by atoms with van der Waals surface area (Å²) in [5, 5.41) is 3.36. The number of piperazine rings is 1. The summed E-state index contributed by atoms with van der Waals surface area (Å²) in [4.78, 5) is 25.7. The van der Waals surface area contributed by atoms with Crippen LogP contribution < -0.4 is 19.9 Å². The van der Waals surface area contributed by atoms with Crippen molar-refractivity contribution in [1.82, 2.24) is 9.97 Å². The highest BCUT2D eigenvalue weighted by atomic mass is 35.5. The lowest BCUT2D eigenvalue weighted by Crippen LogP contribution is -2.46. The van der Waals surface area contributed by atoms with Crippen molar-refractivity contribution in [3.63, 3.8) is 0 Å². The molecule has 7 nitrogen and oxygen atoms in total. The Kier molecular flexibility index (Phi) is 6.52. The summed E-state index contributed by atoms with van der Waals surface area (Å²) in [7, 11) is 0. The fourth-order valence-corrected chi connectivity index (χ4v) is 3.63. The number of anilines is 3. The van der Waals surface area contributed by atoms with Crippen LogP contribution in [0, 0.1) is 0 Å². The smallest absolute Gasteiger partial charge is 0.266 e. The maximum absolute atomic E-state index is 12.5. The second kappa shape index (κ2) is 9.66. The second-order valence-corrected chi connectivity index (χ2v) is 7.71. The summed E-state index contributed by atoms with van der Waals surface area (Å²) in [6.45, 7) is 5.17. The third-order valence-corrected chi connectivity index (χ3v) is 5.34. The molecule has 0 aliphatic carbocycles. The van der Waals surface area contributed by atoms with Gasteiger partial charge in [-0.05, 0) is 37.3 Å².